The van der Waals surface area contributed by atoms with E-state index in [0.29, 0.717) is 5.82 Å². The molecule has 0 radical (unpaired) electrons. The number of rotatable bonds is 9. The molecule has 11 heteroatoms. The molecule has 0 amide bonds. The molecule has 16 rings (SSSR count). The SMILES string of the molecule is c1ccc(B2N(c3ccccc3)B(c3cccc(-n4c5ccccc5c5ccccc54)c3)N(c3cccc(-n4c5ccccc5c5ccccc54)c3)B(c3ccccc3)N2c2ccnc(-c3cccc4c3sc3ccccc34)n2)cc1. The molecule has 0 aliphatic carbocycles. The number of hydrogen-bond acceptors (Lipinski definition) is 6. The first-order valence-electron chi connectivity index (χ1n) is 27.6. The quantitative estimate of drug-likeness (QED) is 0.135. The van der Waals surface area contributed by atoms with Crippen molar-refractivity contribution in [2.24, 2.45) is 0 Å². The second-order valence-electron chi connectivity index (χ2n) is 20.9. The highest BCUT2D eigenvalue weighted by atomic mass is 32.1. The van der Waals surface area contributed by atoms with Crippen LogP contribution < -0.4 is 30.6 Å². The summed E-state index contributed by atoms with van der Waals surface area (Å²) in [6.45, 7) is -1.29. The highest BCUT2D eigenvalue weighted by molar-refractivity contribution is 7.26. The first-order valence-corrected chi connectivity index (χ1v) is 28.5. The molecule has 0 atom stereocenters. The first-order chi connectivity index (χ1) is 40.2. The molecular weight excluding hydrogens is 1000 g/mol. The van der Waals surface area contributed by atoms with Gasteiger partial charge >= 0.3 is 20.9 Å². The van der Waals surface area contributed by atoms with Crippen molar-refractivity contribution < 1.29 is 0 Å². The summed E-state index contributed by atoms with van der Waals surface area (Å²) in [5, 5.41) is 7.34. The van der Waals surface area contributed by atoms with Crippen molar-refractivity contribution in [3.8, 4) is 22.8 Å². The van der Waals surface area contributed by atoms with Crippen LogP contribution in [0.1, 0.15) is 0 Å². The van der Waals surface area contributed by atoms with Gasteiger partial charge in [-0.15, -0.1) is 11.3 Å². The zero-order valence-corrected chi connectivity index (χ0v) is 44.8. The van der Waals surface area contributed by atoms with E-state index in [1.165, 1.54) is 41.7 Å². The van der Waals surface area contributed by atoms with Crippen LogP contribution in [0.4, 0.5) is 17.2 Å². The van der Waals surface area contributed by atoms with Gasteiger partial charge in [-0.3, -0.25) is 0 Å². The predicted molar refractivity (Wildman–Crippen MR) is 345 cm³/mol. The van der Waals surface area contributed by atoms with Gasteiger partial charge in [-0.25, -0.2) is 9.97 Å². The molecular formula is C70H48B3N7S. The Morgan fingerprint density at radius 2 is 0.728 bits per heavy atom. The van der Waals surface area contributed by atoms with Crippen LogP contribution in [-0.2, 0) is 0 Å². The molecule has 11 aromatic carbocycles. The third-order valence-corrected chi connectivity index (χ3v) is 17.6. The topological polar surface area (TPSA) is 45.4 Å². The lowest BCUT2D eigenvalue weighted by atomic mass is 9.37. The smallest absolute Gasteiger partial charge is 0.390 e. The highest BCUT2D eigenvalue weighted by Gasteiger charge is 2.56. The molecule has 1 aliphatic rings. The fourth-order valence-electron chi connectivity index (χ4n) is 13.0. The minimum Gasteiger partial charge on any atom is -0.416 e. The van der Waals surface area contributed by atoms with E-state index in [1.807, 2.05) is 6.20 Å². The van der Waals surface area contributed by atoms with Crippen molar-refractivity contribution in [3.05, 3.63) is 291 Å². The number of para-hydroxylation sites is 5. The Kier molecular flexibility index (Phi) is 11.2. The summed E-state index contributed by atoms with van der Waals surface area (Å²) in [7, 11) is 0. The van der Waals surface area contributed by atoms with Gasteiger partial charge in [0.15, 0.2) is 5.82 Å². The lowest BCUT2D eigenvalue weighted by Gasteiger charge is -2.56. The van der Waals surface area contributed by atoms with Gasteiger partial charge in [0, 0.05) is 76.2 Å². The minimum absolute atomic E-state index is 0.416. The molecule has 81 heavy (non-hydrogen) atoms. The summed E-state index contributed by atoms with van der Waals surface area (Å²) in [4.78, 5) is 10.9. The van der Waals surface area contributed by atoms with Gasteiger partial charge in [0.25, 0.3) is 0 Å². The molecule has 1 saturated heterocycles. The van der Waals surface area contributed by atoms with Crippen LogP contribution in [0.3, 0.4) is 0 Å². The van der Waals surface area contributed by atoms with Gasteiger partial charge in [-0.2, -0.15) is 0 Å². The molecule has 0 spiro atoms. The van der Waals surface area contributed by atoms with Gasteiger partial charge in [-0.05, 0) is 101 Å². The van der Waals surface area contributed by atoms with Crippen molar-refractivity contribution in [1.29, 1.82) is 0 Å². The molecule has 378 valence electrons. The third kappa shape index (κ3) is 7.68. The lowest BCUT2D eigenvalue weighted by molar-refractivity contribution is 1.15. The number of thiophene rings is 1. The number of anilines is 3. The van der Waals surface area contributed by atoms with E-state index < -0.39 is 20.9 Å². The molecule has 0 saturated carbocycles. The largest absolute Gasteiger partial charge is 0.416 e. The summed E-state index contributed by atoms with van der Waals surface area (Å²) in [5.41, 5.74) is 13.3. The Balaban J connectivity index is 0.999. The summed E-state index contributed by atoms with van der Waals surface area (Å²) in [5.74, 6) is 1.47. The van der Waals surface area contributed by atoms with Crippen molar-refractivity contribution in [3.63, 3.8) is 0 Å². The van der Waals surface area contributed by atoms with E-state index in [4.69, 9.17) is 9.97 Å². The van der Waals surface area contributed by atoms with Crippen LogP contribution in [0, 0.1) is 0 Å². The van der Waals surface area contributed by atoms with Crippen LogP contribution in [0.15, 0.2) is 291 Å². The number of aromatic nitrogens is 4. The second-order valence-corrected chi connectivity index (χ2v) is 21.9. The van der Waals surface area contributed by atoms with E-state index in [2.05, 4.69) is 308 Å². The molecule has 1 aliphatic heterocycles. The van der Waals surface area contributed by atoms with Gasteiger partial charge in [0.1, 0.15) is 5.82 Å². The standard InChI is InChI=1S/C70H48B3N7S/c1-4-23-49(24-5-1)71-78(52-28-8-3-9-29-52)73(51-27-20-30-53(47-51)76-63-40-15-10-33-56(63)57-34-11-16-41-64(57)76)79(55-32-21-31-54(48-55)77-65-42-17-12-35-58(65)59-36-13-18-43-66(59)77)72(50-25-6-2-7-26-50)80(71)68-45-46-74-70(75-68)62-39-22-38-61-60-37-14-19-44-67(60)81-69(61)62/h1-48H. The Labute approximate surface area is 474 Å². The van der Waals surface area contributed by atoms with Crippen LogP contribution in [0.5, 0.6) is 0 Å². The van der Waals surface area contributed by atoms with Crippen molar-refractivity contribution >= 4 is 130 Å². The van der Waals surface area contributed by atoms with Gasteiger partial charge < -0.3 is 23.3 Å². The van der Waals surface area contributed by atoms with Crippen LogP contribution in [-0.4, -0.2) is 40.0 Å². The van der Waals surface area contributed by atoms with E-state index in [0.717, 1.165) is 72.6 Å². The van der Waals surface area contributed by atoms with Crippen LogP contribution >= 0.6 is 11.3 Å². The lowest BCUT2D eigenvalue weighted by Crippen LogP contribution is -2.86. The molecule has 0 bridgehead atoms. The third-order valence-electron chi connectivity index (χ3n) is 16.4. The monoisotopic (exact) mass is 1050 g/mol. The van der Waals surface area contributed by atoms with Gasteiger partial charge in [0.05, 0.1) is 22.1 Å². The second kappa shape index (κ2) is 19.4. The van der Waals surface area contributed by atoms with Gasteiger partial charge in [-0.1, -0.05) is 200 Å². The summed E-state index contributed by atoms with van der Waals surface area (Å²) in [6.07, 6.45) is 1.95. The summed E-state index contributed by atoms with van der Waals surface area (Å²) >= 11 is 1.80. The molecule has 1 fully saturated rings. The Hall–Kier alpha value is -10.1. The van der Waals surface area contributed by atoms with E-state index in [9.17, 15) is 0 Å². The fraction of sp³-hybridized carbons (Fsp3) is 0. The highest BCUT2D eigenvalue weighted by Crippen LogP contribution is 2.41. The van der Waals surface area contributed by atoms with Crippen molar-refractivity contribution in [1.82, 2.24) is 19.1 Å². The number of hydrogen-bond donors (Lipinski definition) is 0. The number of nitrogens with zero attached hydrogens (tertiary/aromatic N) is 7. The molecule has 0 N–H and O–H groups in total. The van der Waals surface area contributed by atoms with Crippen molar-refractivity contribution in [2.75, 3.05) is 14.2 Å². The zero-order chi connectivity index (χ0) is 53.4. The van der Waals surface area contributed by atoms with E-state index in [1.54, 1.807) is 11.3 Å². The molecule has 0 unspecified atom stereocenters. The zero-order valence-electron chi connectivity index (χ0n) is 44.0. The molecule has 5 heterocycles. The number of fused-ring (bicyclic) bond motifs is 9. The van der Waals surface area contributed by atoms with Crippen LogP contribution in [0.25, 0.3) is 86.5 Å². The number of benzene rings is 11. The van der Waals surface area contributed by atoms with Crippen LogP contribution in [0.2, 0.25) is 0 Å². The first kappa shape index (κ1) is 47.0. The molecule has 7 nitrogen and oxygen atoms in total. The Bertz CT molecular complexity index is 4750. The fourth-order valence-corrected chi connectivity index (χ4v) is 14.2. The minimum atomic E-state index is -0.450. The summed E-state index contributed by atoms with van der Waals surface area (Å²) in [6, 6.07) is 104. The van der Waals surface area contributed by atoms with Crippen molar-refractivity contribution in [2.45, 2.75) is 0 Å². The average Bonchev–Trinajstić information content (AvgIpc) is 4.27. The van der Waals surface area contributed by atoms with E-state index >= 15 is 0 Å². The Morgan fingerprint density at radius 1 is 0.309 bits per heavy atom. The molecule has 4 aromatic heterocycles. The Morgan fingerprint density at radius 3 is 1.32 bits per heavy atom. The maximum absolute atomic E-state index is 5.79. The van der Waals surface area contributed by atoms with E-state index in [-0.39, 0.29) is 0 Å². The predicted octanol–water partition coefficient (Wildman–Crippen LogP) is 14.7. The maximum Gasteiger partial charge on any atom is 0.390 e. The average molecular weight is 1050 g/mol. The maximum atomic E-state index is 5.79. The normalized spacial score (nSPS) is 13.0. The van der Waals surface area contributed by atoms with Gasteiger partial charge in [0.2, 0.25) is 0 Å². The summed E-state index contributed by atoms with van der Waals surface area (Å²) < 4.78 is 15.1. The molecule has 15 aromatic rings.